The summed E-state index contributed by atoms with van der Waals surface area (Å²) in [6.45, 7) is 0. The first-order chi connectivity index (χ1) is 15.1. The van der Waals surface area contributed by atoms with Crippen molar-refractivity contribution in [3.05, 3.63) is 95.1 Å². The van der Waals surface area contributed by atoms with E-state index < -0.39 is 12.7 Å². The number of hydrogen-bond donors (Lipinski definition) is 0. The molecule has 3 aromatic carbocycles. The number of hydrogen-bond acceptors (Lipinski definition) is 2. The normalized spacial score (nSPS) is 12.4. The van der Waals surface area contributed by atoms with Crippen LogP contribution in [0, 0.1) is 0 Å². The average molecular weight is 450 g/mol. The third kappa shape index (κ3) is 7.86. The predicted molar refractivity (Wildman–Crippen MR) is 111 cm³/mol. The Morgan fingerprint density at radius 3 is 1.16 bits per heavy atom. The molecule has 0 aliphatic carbocycles. The maximum absolute atomic E-state index is 12.3. The maximum atomic E-state index is 12.3. The van der Waals surface area contributed by atoms with E-state index in [2.05, 4.69) is 9.47 Å². The van der Waals surface area contributed by atoms with Crippen LogP contribution in [0.3, 0.4) is 0 Å². The Labute approximate surface area is 180 Å². The lowest BCUT2D eigenvalue weighted by Crippen LogP contribution is -2.17. The van der Waals surface area contributed by atoms with Gasteiger partial charge in [-0.25, -0.2) is 0 Å². The van der Waals surface area contributed by atoms with Crippen LogP contribution >= 0.6 is 0 Å². The fourth-order valence-electron chi connectivity index (χ4n) is 2.73. The summed E-state index contributed by atoms with van der Waals surface area (Å²) in [4.78, 5) is 0. The first-order valence-electron chi connectivity index (χ1n) is 9.24. The van der Waals surface area contributed by atoms with E-state index in [1.54, 1.807) is 60.7 Å². The molecular weight excluding hydrogens is 434 g/mol. The molecule has 3 aromatic rings. The van der Waals surface area contributed by atoms with Crippen molar-refractivity contribution in [2.45, 2.75) is 12.7 Å². The van der Waals surface area contributed by atoms with E-state index in [0.717, 1.165) is 11.1 Å². The van der Waals surface area contributed by atoms with Gasteiger partial charge in [-0.1, -0.05) is 72.8 Å². The second-order valence-electron chi connectivity index (χ2n) is 6.57. The molecule has 0 unspecified atom stereocenters. The van der Waals surface area contributed by atoms with Crippen molar-refractivity contribution in [1.82, 2.24) is 0 Å². The highest BCUT2D eigenvalue weighted by Crippen LogP contribution is 2.25. The Kier molecular flexibility index (Phi) is 6.92. The van der Waals surface area contributed by atoms with Crippen molar-refractivity contribution in [1.29, 1.82) is 0 Å². The highest BCUT2D eigenvalue weighted by atomic mass is 19.4. The van der Waals surface area contributed by atoms with Gasteiger partial charge in [0.05, 0.1) is 0 Å². The summed E-state index contributed by atoms with van der Waals surface area (Å²) in [6, 6.07) is 18.4. The van der Waals surface area contributed by atoms with Crippen LogP contribution in [0.15, 0.2) is 72.8 Å². The number of ether oxygens (including phenoxy) is 2. The molecule has 0 spiro atoms. The molecule has 3 rings (SSSR count). The Hall–Kier alpha value is -3.68. The van der Waals surface area contributed by atoms with Crippen molar-refractivity contribution < 1.29 is 35.8 Å². The minimum Gasteiger partial charge on any atom is -0.406 e. The van der Waals surface area contributed by atoms with Crippen LogP contribution in [0.4, 0.5) is 26.3 Å². The molecule has 32 heavy (non-hydrogen) atoms. The third-order valence-electron chi connectivity index (χ3n) is 4.06. The molecule has 0 heterocycles. The molecule has 0 aliphatic rings. The molecule has 0 atom stereocenters. The number of benzene rings is 3. The summed E-state index contributed by atoms with van der Waals surface area (Å²) in [7, 11) is 0. The predicted octanol–water partition coefficient (Wildman–Crippen LogP) is 7.82. The second-order valence-corrected chi connectivity index (χ2v) is 6.57. The van der Waals surface area contributed by atoms with Crippen LogP contribution in [0.25, 0.3) is 24.3 Å². The molecule has 0 amide bonds. The van der Waals surface area contributed by atoms with Gasteiger partial charge in [-0.05, 0) is 46.5 Å². The van der Waals surface area contributed by atoms with Crippen molar-refractivity contribution >= 4 is 24.3 Å². The van der Waals surface area contributed by atoms with E-state index in [1.807, 2.05) is 0 Å². The lowest BCUT2D eigenvalue weighted by atomic mass is 10.1. The van der Waals surface area contributed by atoms with Crippen LogP contribution in [0.2, 0.25) is 0 Å². The molecule has 0 aromatic heterocycles. The molecule has 2 nitrogen and oxygen atoms in total. The summed E-state index contributed by atoms with van der Waals surface area (Å²) >= 11 is 0. The summed E-state index contributed by atoms with van der Waals surface area (Å²) in [5.74, 6) is -0.602. The lowest BCUT2D eigenvalue weighted by Gasteiger charge is -2.09. The van der Waals surface area contributed by atoms with Crippen molar-refractivity contribution in [2.75, 3.05) is 0 Å². The van der Waals surface area contributed by atoms with Gasteiger partial charge in [0.1, 0.15) is 11.5 Å². The fraction of sp³-hybridized carbons (Fsp3) is 0.0833. The molecule has 0 bridgehead atoms. The Balaban J connectivity index is 1.64. The lowest BCUT2D eigenvalue weighted by molar-refractivity contribution is -0.275. The minimum atomic E-state index is -4.75. The molecule has 166 valence electrons. The van der Waals surface area contributed by atoms with E-state index in [-0.39, 0.29) is 11.5 Å². The van der Waals surface area contributed by atoms with E-state index in [9.17, 15) is 26.3 Å². The highest BCUT2D eigenvalue weighted by molar-refractivity contribution is 5.73. The second kappa shape index (κ2) is 9.64. The van der Waals surface area contributed by atoms with Crippen LogP contribution in [-0.2, 0) is 0 Å². The fourth-order valence-corrected chi connectivity index (χ4v) is 2.73. The van der Waals surface area contributed by atoms with Gasteiger partial charge < -0.3 is 9.47 Å². The number of halogens is 6. The molecule has 8 heteroatoms. The van der Waals surface area contributed by atoms with Crippen LogP contribution in [-0.4, -0.2) is 12.7 Å². The zero-order valence-electron chi connectivity index (χ0n) is 16.3. The first-order valence-corrected chi connectivity index (χ1v) is 9.24. The van der Waals surface area contributed by atoms with E-state index in [0.29, 0.717) is 11.1 Å². The van der Waals surface area contributed by atoms with Gasteiger partial charge in [0, 0.05) is 0 Å². The molecule has 0 saturated carbocycles. The van der Waals surface area contributed by atoms with Gasteiger partial charge in [-0.3, -0.25) is 0 Å². The molecule has 0 radical (unpaired) electrons. The molecule has 0 saturated heterocycles. The smallest absolute Gasteiger partial charge is 0.406 e. The Bertz CT molecular complexity index is 1010. The minimum absolute atomic E-state index is 0.301. The standard InChI is InChI=1S/C24H16F6O2/c25-23(26,27)31-21-5-1-3-19(15-21)13-11-17-7-9-18(10-8-17)12-14-20-4-2-6-22(16-20)32-24(28,29)30/h1-16H/b13-11+,14-12+. The summed E-state index contributed by atoms with van der Waals surface area (Å²) < 4.78 is 81.7. The quantitative estimate of drug-likeness (QED) is 0.282. The molecule has 0 N–H and O–H groups in total. The monoisotopic (exact) mass is 450 g/mol. The van der Waals surface area contributed by atoms with Crippen molar-refractivity contribution in [2.24, 2.45) is 0 Å². The van der Waals surface area contributed by atoms with Crippen LogP contribution in [0.5, 0.6) is 11.5 Å². The van der Waals surface area contributed by atoms with Gasteiger partial charge in [-0.15, -0.1) is 26.3 Å². The Morgan fingerprint density at radius 1 is 0.469 bits per heavy atom. The SMILES string of the molecule is FC(F)(F)Oc1cccc(/C=C/c2ccc(/C=C/c3cccc(OC(F)(F)F)c3)cc2)c1. The molecular formula is C24H16F6O2. The highest BCUT2D eigenvalue weighted by Gasteiger charge is 2.31. The van der Waals surface area contributed by atoms with E-state index >= 15 is 0 Å². The largest absolute Gasteiger partial charge is 0.573 e. The average Bonchev–Trinajstić information content (AvgIpc) is 2.69. The van der Waals surface area contributed by atoms with Gasteiger partial charge >= 0.3 is 12.7 Å². The topological polar surface area (TPSA) is 18.5 Å². The van der Waals surface area contributed by atoms with Crippen LogP contribution in [0.1, 0.15) is 22.3 Å². The maximum Gasteiger partial charge on any atom is 0.573 e. The van der Waals surface area contributed by atoms with Gasteiger partial charge in [0.25, 0.3) is 0 Å². The van der Waals surface area contributed by atoms with Gasteiger partial charge in [-0.2, -0.15) is 0 Å². The summed E-state index contributed by atoms with van der Waals surface area (Å²) in [5, 5.41) is 0. The molecule has 0 fully saturated rings. The van der Waals surface area contributed by atoms with Gasteiger partial charge in [0.15, 0.2) is 0 Å². The van der Waals surface area contributed by atoms with E-state index in [4.69, 9.17) is 0 Å². The van der Waals surface area contributed by atoms with E-state index in [1.165, 1.54) is 36.4 Å². The molecule has 0 aliphatic heterocycles. The zero-order valence-corrected chi connectivity index (χ0v) is 16.3. The van der Waals surface area contributed by atoms with Gasteiger partial charge in [0.2, 0.25) is 0 Å². The van der Waals surface area contributed by atoms with Crippen molar-refractivity contribution in [3.8, 4) is 11.5 Å². The zero-order chi connectivity index (χ0) is 23.2. The summed E-state index contributed by atoms with van der Waals surface area (Å²) in [6.07, 6.45) is -2.73. The summed E-state index contributed by atoms with van der Waals surface area (Å²) in [5.41, 5.74) is 2.70. The Morgan fingerprint density at radius 2 is 0.812 bits per heavy atom. The van der Waals surface area contributed by atoms with Crippen LogP contribution < -0.4 is 9.47 Å². The first kappa shape index (κ1) is 23.0. The van der Waals surface area contributed by atoms with Crippen molar-refractivity contribution in [3.63, 3.8) is 0 Å². The third-order valence-corrected chi connectivity index (χ3v) is 4.06. The number of alkyl halides is 6. The number of rotatable bonds is 6.